The van der Waals surface area contributed by atoms with Crippen LogP contribution in [0.5, 0.6) is 0 Å². The molecule has 0 atom stereocenters. The third kappa shape index (κ3) is 4.71. The van der Waals surface area contributed by atoms with E-state index in [1.54, 1.807) is 24.3 Å². The molecule has 0 spiro atoms. The molecule has 2 N–H and O–H groups in total. The summed E-state index contributed by atoms with van der Waals surface area (Å²) in [5.74, 6) is 0.109. The number of rotatable bonds is 5. The Kier molecular flexibility index (Phi) is 5.70. The number of aromatic nitrogens is 1. The van der Waals surface area contributed by atoms with Crippen molar-refractivity contribution in [3.63, 3.8) is 0 Å². The van der Waals surface area contributed by atoms with E-state index in [1.807, 2.05) is 18.2 Å². The van der Waals surface area contributed by atoms with E-state index in [4.69, 9.17) is 4.52 Å². The molecule has 1 aliphatic rings. The van der Waals surface area contributed by atoms with Gasteiger partial charge in [-0.15, -0.1) is 0 Å². The average Bonchev–Trinajstić information content (AvgIpc) is 3.30. The third-order valence-electron chi connectivity index (χ3n) is 5.27. The van der Waals surface area contributed by atoms with E-state index in [2.05, 4.69) is 21.9 Å². The van der Waals surface area contributed by atoms with Gasteiger partial charge in [0.2, 0.25) is 5.76 Å². The molecule has 6 nitrogen and oxygen atoms in total. The van der Waals surface area contributed by atoms with Gasteiger partial charge in [0, 0.05) is 23.0 Å². The fourth-order valence-corrected chi connectivity index (χ4v) is 3.77. The maximum atomic E-state index is 12.7. The number of benzene rings is 2. The second kappa shape index (κ2) is 8.73. The van der Waals surface area contributed by atoms with Gasteiger partial charge in [0.15, 0.2) is 0 Å². The van der Waals surface area contributed by atoms with Crippen LogP contribution < -0.4 is 10.6 Å². The lowest BCUT2D eigenvalue weighted by Crippen LogP contribution is -2.14. The van der Waals surface area contributed by atoms with E-state index in [-0.39, 0.29) is 11.7 Å². The van der Waals surface area contributed by atoms with E-state index < -0.39 is 5.91 Å². The summed E-state index contributed by atoms with van der Waals surface area (Å²) < 4.78 is 4.85. The summed E-state index contributed by atoms with van der Waals surface area (Å²) in [4.78, 5) is 24.8. The van der Waals surface area contributed by atoms with E-state index in [0.717, 1.165) is 0 Å². The van der Waals surface area contributed by atoms with Crippen molar-refractivity contribution >= 4 is 23.2 Å². The van der Waals surface area contributed by atoms with Gasteiger partial charge in [-0.1, -0.05) is 42.6 Å². The van der Waals surface area contributed by atoms with Crippen LogP contribution in [0.2, 0.25) is 0 Å². The number of nitrogens with one attached hydrogen (secondary N) is 2. The monoisotopic (exact) mass is 389 g/mol. The summed E-state index contributed by atoms with van der Waals surface area (Å²) >= 11 is 0. The number of amides is 2. The molecule has 148 valence electrons. The van der Waals surface area contributed by atoms with Crippen LogP contribution >= 0.6 is 0 Å². The van der Waals surface area contributed by atoms with Gasteiger partial charge in [0.25, 0.3) is 11.8 Å². The van der Waals surface area contributed by atoms with Gasteiger partial charge in [0.1, 0.15) is 0 Å². The summed E-state index contributed by atoms with van der Waals surface area (Å²) in [5.41, 5.74) is 3.04. The van der Waals surface area contributed by atoms with Crippen LogP contribution in [-0.4, -0.2) is 17.0 Å². The lowest BCUT2D eigenvalue weighted by Gasteiger charge is -2.22. The molecule has 0 saturated heterocycles. The molecule has 2 amide bonds. The molecule has 1 aromatic heterocycles. The predicted octanol–water partition coefficient (Wildman–Crippen LogP) is 5.23. The van der Waals surface area contributed by atoms with E-state index >= 15 is 0 Å². The average molecular weight is 389 g/mol. The van der Waals surface area contributed by atoms with Gasteiger partial charge in [-0.3, -0.25) is 9.59 Å². The molecule has 0 radical (unpaired) electrons. The molecule has 0 aliphatic heterocycles. The smallest absolute Gasteiger partial charge is 0.294 e. The lowest BCUT2D eigenvalue weighted by molar-refractivity contribution is 0.0986. The summed E-state index contributed by atoms with van der Waals surface area (Å²) in [7, 11) is 0. The molecular formula is C23H23N3O3. The van der Waals surface area contributed by atoms with Crippen LogP contribution in [0.3, 0.4) is 0 Å². The first-order valence-electron chi connectivity index (χ1n) is 9.92. The highest BCUT2D eigenvalue weighted by Gasteiger charge is 2.17. The Morgan fingerprint density at radius 1 is 0.862 bits per heavy atom. The second-order valence-electron chi connectivity index (χ2n) is 7.33. The van der Waals surface area contributed by atoms with Crippen molar-refractivity contribution in [3.8, 4) is 0 Å². The molecule has 6 heteroatoms. The molecule has 2 aromatic carbocycles. The first-order valence-corrected chi connectivity index (χ1v) is 9.92. The van der Waals surface area contributed by atoms with E-state index in [0.29, 0.717) is 22.9 Å². The largest absolute Gasteiger partial charge is 0.351 e. The highest BCUT2D eigenvalue weighted by molar-refractivity contribution is 6.05. The third-order valence-corrected chi connectivity index (χ3v) is 5.27. The molecule has 1 fully saturated rings. The topological polar surface area (TPSA) is 84.2 Å². The van der Waals surface area contributed by atoms with Gasteiger partial charge in [-0.25, -0.2) is 0 Å². The number of anilines is 2. The van der Waals surface area contributed by atoms with Crippen molar-refractivity contribution in [1.29, 1.82) is 0 Å². The van der Waals surface area contributed by atoms with Crippen LogP contribution in [0.4, 0.5) is 11.4 Å². The second-order valence-corrected chi connectivity index (χ2v) is 7.33. The number of nitrogens with zero attached hydrogens (tertiary/aromatic N) is 1. The Hall–Kier alpha value is -3.41. The minimum atomic E-state index is -0.397. The fourth-order valence-electron chi connectivity index (χ4n) is 3.77. The highest BCUT2D eigenvalue weighted by atomic mass is 16.5. The summed E-state index contributed by atoms with van der Waals surface area (Å²) in [6.45, 7) is 0. The molecule has 0 bridgehead atoms. The summed E-state index contributed by atoms with van der Waals surface area (Å²) in [6.07, 6.45) is 7.62. The molecule has 4 rings (SSSR count). The Labute approximate surface area is 169 Å². The fraction of sp³-hybridized carbons (Fsp3) is 0.261. The molecular weight excluding hydrogens is 366 g/mol. The molecule has 3 aromatic rings. The number of hydrogen-bond acceptors (Lipinski definition) is 4. The van der Waals surface area contributed by atoms with Gasteiger partial charge in [-0.05, 0) is 54.7 Å². The van der Waals surface area contributed by atoms with Crippen molar-refractivity contribution in [3.05, 3.63) is 77.7 Å². The normalized spacial score (nSPS) is 14.3. The maximum absolute atomic E-state index is 12.7. The standard InChI is InChI=1S/C23H23N3O3/c27-22(18-9-4-8-17(14-18)16-6-2-1-3-7-16)25-19-10-5-11-20(15-19)26-23(28)21-12-13-24-29-21/h4-5,8-16H,1-3,6-7H2,(H,25,27)(H,26,28). The maximum Gasteiger partial charge on any atom is 0.294 e. The van der Waals surface area contributed by atoms with Crippen molar-refractivity contribution in [2.45, 2.75) is 38.0 Å². The molecule has 0 unspecified atom stereocenters. The summed E-state index contributed by atoms with van der Waals surface area (Å²) in [5, 5.41) is 9.16. The minimum Gasteiger partial charge on any atom is -0.351 e. The summed E-state index contributed by atoms with van der Waals surface area (Å²) in [6, 6.07) is 16.4. The quantitative estimate of drug-likeness (QED) is 0.626. The lowest BCUT2D eigenvalue weighted by atomic mass is 9.83. The zero-order valence-electron chi connectivity index (χ0n) is 16.1. The zero-order chi connectivity index (χ0) is 20.1. The number of hydrogen-bond donors (Lipinski definition) is 2. The Morgan fingerprint density at radius 3 is 2.31 bits per heavy atom. The number of carbonyl (C=O) groups is 2. The van der Waals surface area contributed by atoms with Crippen LogP contribution in [0.1, 0.15) is 64.5 Å². The first kappa shape index (κ1) is 18.9. The molecule has 1 heterocycles. The van der Waals surface area contributed by atoms with E-state index in [1.165, 1.54) is 49.9 Å². The number of carbonyl (C=O) groups excluding carboxylic acids is 2. The Bertz CT molecular complexity index is 992. The van der Waals surface area contributed by atoms with Gasteiger partial charge < -0.3 is 15.2 Å². The van der Waals surface area contributed by atoms with Crippen LogP contribution in [0.15, 0.2) is 65.3 Å². The molecule has 1 saturated carbocycles. The van der Waals surface area contributed by atoms with Crippen molar-refractivity contribution in [2.24, 2.45) is 0 Å². The molecule has 29 heavy (non-hydrogen) atoms. The van der Waals surface area contributed by atoms with Gasteiger partial charge >= 0.3 is 0 Å². The molecule has 1 aliphatic carbocycles. The Morgan fingerprint density at radius 2 is 1.59 bits per heavy atom. The highest BCUT2D eigenvalue weighted by Crippen LogP contribution is 2.33. The minimum absolute atomic E-state index is 0.124. The van der Waals surface area contributed by atoms with Crippen LogP contribution in [0.25, 0.3) is 0 Å². The zero-order valence-corrected chi connectivity index (χ0v) is 16.1. The van der Waals surface area contributed by atoms with Gasteiger partial charge in [0.05, 0.1) is 6.20 Å². The van der Waals surface area contributed by atoms with Crippen LogP contribution in [-0.2, 0) is 0 Å². The van der Waals surface area contributed by atoms with Crippen molar-refractivity contribution in [2.75, 3.05) is 10.6 Å². The van der Waals surface area contributed by atoms with Crippen molar-refractivity contribution < 1.29 is 14.1 Å². The predicted molar refractivity (Wildman–Crippen MR) is 111 cm³/mol. The SMILES string of the molecule is O=C(Nc1cccc(NC(=O)c2ccno2)c1)c1cccc(C2CCCCC2)c1. The van der Waals surface area contributed by atoms with E-state index in [9.17, 15) is 9.59 Å². The van der Waals surface area contributed by atoms with Gasteiger partial charge in [-0.2, -0.15) is 0 Å². The van der Waals surface area contributed by atoms with Crippen molar-refractivity contribution in [1.82, 2.24) is 5.16 Å². The first-order chi connectivity index (χ1) is 14.2. The Balaban J connectivity index is 1.44. The van der Waals surface area contributed by atoms with Crippen LogP contribution in [0, 0.1) is 0 Å².